The van der Waals surface area contributed by atoms with Crippen LogP contribution in [0.5, 0.6) is 0 Å². The summed E-state index contributed by atoms with van der Waals surface area (Å²) in [5, 5.41) is 13.9. The Balaban J connectivity index is 1.87. The molecule has 3 aliphatic carbocycles. The van der Waals surface area contributed by atoms with Gasteiger partial charge in [0.1, 0.15) is 6.29 Å². The molecule has 27 heavy (non-hydrogen) atoms. The van der Waals surface area contributed by atoms with Crippen molar-refractivity contribution in [2.24, 2.45) is 40.4 Å². The van der Waals surface area contributed by atoms with Crippen molar-refractivity contribution >= 4 is 6.29 Å². The summed E-state index contributed by atoms with van der Waals surface area (Å²) in [5.41, 5.74) is 1.76. The Morgan fingerprint density at radius 1 is 1.22 bits per heavy atom. The Labute approximate surface area is 166 Å². The summed E-state index contributed by atoms with van der Waals surface area (Å²) < 4.78 is 0. The number of carbonyl (C=O) groups excluding carboxylic acids is 1. The Hall–Kier alpha value is -0.670. The lowest BCUT2D eigenvalue weighted by Gasteiger charge is -2.56. The zero-order valence-corrected chi connectivity index (χ0v) is 18.0. The van der Waals surface area contributed by atoms with Crippen LogP contribution >= 0.6 is 0 Å². The van der Waals surface area contributed by atoms with Crippen molar-refractivity contribution in [2.75, 3.05) is 13.1 Å². The molecule has 0 saturated heterocycles. The third-order valence-electron chi connectivity index (χ3n) is 8.72. The zero-order valence-electron chi connectivity index (χ0n) is 18.0. The van der Waals surface area contributed by atoms with Crippen molar-refractivity contribution in [3.63, 3.8) is 0 Å². The summed E-state index contributed by atoms with van der Waals surface area (Å²) in [4.78, 5) is 12.0. The largest absolute Gasteiger partial charge is 0.393 e. The van der Waals surface area contributed by atoms with Crippen LogP contribution in [0, 0.1) is 40.4 Å². The van der Waals surface area contributed by atoms with Crippen molar-refractivity contribution in [1.29, 1.82) is 0 Å². The van der Waals surface area contributed by atoms with Gasteiger partial charge in [0.25, 0.3) is 0 Å². The van der Waals surface area contributed by atoms with E-state index in [-0.39, 0.29) is 22.9 Å². The zero-order chi connectivity index (χ0) is 19.8. The van der Waals surface area contributed by atoms with Gasteiger partial charge in [-0.05, 0) is 92.5 Å². The molecule has 0 aliphatic heterocycles. The molecule has 0 aromatic rings. The minimum atomic E-state index is -0.300. The van der Waals surface area contributed by atoms with Crippen LogP contribution in [0.15, 0.2) is 12.2 Å². The summed E-state index contributed by atoms with van der Waals surface area (Å²) in [6.45, 7) is 15.9. The van der Waals surface area contributed by atoms with Crippen molar-refractivity contribution in [3.8, 4) is 0 Å². The average Bonchev–Trinajstić information content (AvgIpc) is 2.92. The van der Waals surface area contributed by atoms with Gasteiger partial charge >= 0.3 is 0 Å². The highest BCUT2D eigenvalue weighted by Gasteiger charge is 2.56. The predicted octanol–water partition coefficient (Wildman–Crippen LogP) is 4.60. The molecule has 0 radical (unpaired) electrons. The summed E-state index contributed by atoms with van der Waals surface area (Å²) >= 11 is 0. The number of aldehydes is 1. The van der Waals surface area contributed by atoms with Crippen LogP contribution in [0.4, 0.5) is 0 Å². The highest BCUT2D eigenvalue weighted by molar-refractivity contribution is 5.55. The molecule has 3 aliphatic rings. The van der Waals surface area contributed by atoms with Crippen LogP contribution < -0.4 is 5.32 Å². The van der Waals surface area contributed by atoms with Crippen molar-refractivity contribution < 1.29 is 9.90 Å². The molecule has 0 bridgehead atoms. The monoisotopic (exact) mass is 375 g/mol. The SMILES string of the molecule is C=C1CCC2[C@H](CNCC(C)C)C([C@@]3(C)CC[C@H](O)C[C@@H]3C=O)CC[C@]12C. The standard InChI is InChI=1S/C24H41NO2/c1-16(2)13-25-14-20-21-7-6-17(3)23(21,4)11-9-22(20)24(5)10-8-19(27)12-18(24)15-26/h15-16,18-22,25,27H,3,6-14H2,1-2,4-5H3/t18-,19+,20+,21?,22?,23-,24+/m1/s1. The number of nitrogens with one attached hydrogen (secondary N) is 1. The first-order valence-electron chi connectivity index (χ1n) is 11.2. The highest BCUT2D eigenvalue weighted by Crippen LogP contribution is 2.63. The number of carbonyl (C=O) groups is 1. The second-order valence-electron chi connectivity index (χ2n) is 10.7. The number of rotatable bonds is 6. The molecule has 0 aromatic carbocycles. The number of hydrogen-bond donors (Lipinski definition) is 2. The lowest BCUT2D eigenvalue weighted by molar-refractivity contribution is -0.127. The summed E-state index contributed by atoms with van der Waals surface area (Å²) in [5.74, 6) is 2.49. The first-order chi connectivity index (χ1) is 12.7. The lowest BCUT2D eigenvalue weighted by Crippen LogP contribution is -2.53. The molecule has 0 amide bonds. The molecule has 7 atom stereocenters. The van der Waals surface area contributed by atoms with Crippen LogP contribution in [0.2, 0.25) is 0 Å². The molecule has 3 heteroatoms. The van der Waals surface area contributed by atoms with E-state index in [1.54, 1.807) is 0 Å². The number of allylic oxidation sites excluding steroid dienone is 1. The Morgan fingerprint density at radius 3 is 2.63 bits per heavy atom. The molecule has 0 spiro atoms. The van der Waals surface area contributed by atoms with E-state index in [1.165, 1.54) is 31.3 Å². The molecule has 3 fully saturated rings. The molecule has 3 nitrogen and oxygen atoms in total. The van der Waals surface area contributed by atoms with Gasteiger partial charge < -0.3 is 15.2 Å². The molecule has 0 heterocycles. The molecule has 3 rings (SSSR count). The van der Waals surface area contributed by atoms with E-state index in [4.69, 9.17) is 0 Å². The summed E-state index contributed by atoms with van der Waals surface area (Å²) in [6.07, 6.45) is 8.16. The lowest BCUT2D eigenvalue weighted by atomic mass is 9.49. The molecular weight excluding hydrogens is 334 g/mol. The van der Waals surface area contributed by atoms with Crippen molar-refractivity contribution in [1.82, 2.24) is 5.32 Å². The van der Waals surface area contributed by atoms with Gasteiger partial charge in [-0.3, -0.25) is 0 Å². The van der Waals surface area contributed by atoms with Gasteiger partial charge in [0.2, 0.25) is 0 Å². The molecule has 3 saturated carbocycles. The van der Waals surface area contributed by atoms with Crippen molar-refractivity contribution in [2.45, 2.75) is 78.7 Å². The fraction of sp³-hybridized carbons (Fsp3) is 0.875. The normalized spacial score (nSPS) is 45.1. The van der Waals surface area contributed by atoms with Crippen LogP contribution in [-0.2, 0) is 4.79 Å². The predicted molar refractivity (Wildman–Crippen MR) is 111 cm³/mol. The number of aliphatic hydroxyl groups is 1. The molecular formula is C24H41NO2. The fourth-order valence-corrected chi connectivity index (χ4v) is 6.85. The van der Waals surface area contributed by atoms with Crippen LogP contribution in [0.1, 0.15) is 72.6 Å². The minimum absolute atomic E-state index is 0.00666. The maximum absolute atomic E-state index is 12.0. The van der Waals surface area contributed by atoms with Gasteiger partial charge in [-0.1, -0.05) is 39.8 Å². The quantitative estimate of drug-likeness (QED) is 0.527. The van der Waals surface area contributed by atoms with E-state index < -0.39 is 0 Å². The molecule has 0 aromatic heterocycles. The van der Waals surface area contributed by atoms with E-state index in [0.29, 0.717) is 30.1 Å². The van der Waals surface area contributed by atoms with Gasteiger partial charge in [-0.25, -0.2) is 0 Å². The smallest absolute Gasteiger partial charge is 0.123 e. The Morgan fingerprint density at radius 2 is 1.96 bits per heavy atom. The third-order valence-corrected chi connectivity index (χ3v) is 8.72. The van der Waals surface area contributed by atoms with Crippen LogP contribution in [-0.4, -0.2) is 30.6 Å². The second kappa shape index (κ2) is 7.99. The van der Waals surface area contributed by atoms with E-state index in [9.17, 15) is 9.90 Å². The molecule has 154 valence electrons. The Bertz CT molecular complexity index is 559. The van der Waals surface area contributed by atoms with E-state index in [2.05, 4.69) is 39.6 Å². The summed E-state index contributed by atoms with van der Waals surface area (Å²) in [6, 6.07) is 0. The van der Waals surface area contributed by atoms with Crippen LogP contribution in [0.25, 0.3) is 0 Å². The topological polar surface area (TPSA) is 49.3 Å². The molecule has 2 unspecified atom stereocenters. The van der Waals surface area contributed by atoms with E-state index in [1.807, 2.05) is 0 Å². The van der Waals surface area contributed by atoms with Gasteiger partial charge in [0.15, 0.2) is 0 Å². The van der Waals surface area contributed by atoms with Gasteiger partial charge in [0, 0.05) is 5.92 Å². The van der Waals surface area contributed by atoms with Gasteiger partial charge in [-0.2, -0.15) is 0 Å². The van der Waals surface area contributed by atoms with E-state index in [0.717, 1.165) is 32.2 Å². The van der Waals surface area contributed by atoms with Crippen LogP contribution in [0.3, 0.4) is 0 Å². The highest BCUT2D eigenvalue weighted by atomic mass is 16.3. The Kier molecular flexibility index (Phi) is 6.23. The third kappa shape index (κ3) is 3.79. The van der Waals surface area contributed by atoms with Crippen molar-refractivity contribution in [3.05, 3.63) is 12.2 Å². The first-order valence-corrected chi connectivity index (χ1v) is 11.2. The first kappa shape index (κ1) is 21.0. The summed E-state index contributed by atoms with van der Waals surface area (Å²) in [7, 11) is 0. The van der Waals surface area contributed by atoms with Gasteiger partial charge in [0.05, 0.1) is 6.10 Å². The maximum Gasteiger partial charge on any atom is 0.123 e. The minimum Gasteiger partial charge on any atom is -0.393 e. The second-order valence-corrected chi connectivity index (χ2v) is 10.7. The average molecular weight is 376 g/mol. The maximum atomic E-state index is 12.0. The van der Waals surface area contributed by atoms with E-state index >= 15 is 0 Å². The number of aliphatic hydroxyl groups excluding tert-OH is 1. The number of hydrogen-bond acceptors (Lipinski definition) is 3. The number of fused-ring (bicyclic) bond motifs is 1. The fourth-order valence-electron chi connectivity index (χ4n) is 6.85. The molecule has 2 N–H and O–H groups in total. The van der Waals surface area contributed by atoms with Gasteiger partial charge in [-0.15, -0.1) is 0 Å².